The number of nitrogens with zero attached hydrogens (tertiary/aromatic N) is 2. The van der Waals surface area contributed by atoms with Crippen molar-refractivity contribution in [3.05, 3.63) is 81.2 Å². The van der Waals surface area contributed by atoms with Crippen LogP contribution in [0.1, 0.15) is 32.7 Å². The second kappa shape index (κ2) is 7.31. The molecule has 3 rings (SSSR count). The molecule has 26 heavy (non-hydrogen) atoms. The van der Waals surface area contributed by atoms with Crippen molar-refractivity contribution in [2.45, 2.75) is 27.3 Å². The standard InChI is InChI=1S/C20H20N4O2/c1-12-7-13(2)18(14(3)8-12)16-9-17(24-20(26)23-16)19(25)22-11-15-5-4-6-21-10-15/h4-10H,11H2,1-3H3,(H,22,25)(H,23,24,26). The van der Waals surface area contributed by atoms with Gasteiger partial charge in [-0.15, -0.1) is 0 Å². The van der Waals surface area contributed by atoms with Crippen molar-refractivity contribution in [1.29, 1.82) is 0 Å². The lowest BCUT2D eigenvalue weighted by Gasteiger charge is -2.12. The van der Waals surface area contributed by atoms with Gasteiger partial charge in [0.15, 0.2) is 0 Å². The van der Waals surface area contributed by atoms with Gasteiger partial charge in [-0.1, -0.05) is 23.8 Å². The van der Waals surface area contributed by atoms with E-state index in [1.807, 2.05) is 39.0 Å². The highest BCUT2D eigenvalue weighted by atomic mass is 16.2. The summed E-state index contributed by atoms with van der Waals surface area (Å²) in [6, 6.07) is 9.36. The monoisotopic (exact) mass is 348 g/mol. The van der Waals surface area contributed by atoms with Crippen molar-refractivity contribution in [2.24, 2.45) is 0 Å². The van der Waals surface area contributed by atoms with Gasteiger partial charge >= 0.3 is 5.69 Å². The van der Waals surface area contributed by atoms with Gasteiger partial charge in [-0.2, -0.15) is 4.98 Å². The van der Waals surface area contributed by atoms with Gasteiger partial charge < -0.3 is 10.3 Å². The number of rotatable bonds is 4. The summed E-state index contributed by atoms with van der Waals surface area (Å²) < 4.78 is 0. The number of benzene rings is 1. The van der Waals surface area contributed by atoms with Crippen LogP contribution in [-0.4, -0.2) is 20.9 Å². The highest BCUT2D eigenvalue weighted by Crippen LogP contribution is 2.26. The van der Waals surface area contributed by atoms with Crippen LogP contribution in [0.25, 0.3) is 11.3 Å². The summed E-state index contributed by atoms with van der Waals surface area (Å²) >= 11 is 0. The molecule has 2 aromatic heterocycles. The Balaban J connectivity index is 1.91. The molecule has 3 aromatic rings. The van der Waals surface area contributed by atoms with Crippen molar-refractivity contribution in [2.75, 3.05) is 0 Å². The number of aromatic amines is 1. The maximum atomic E-state index is 12.4. The SMILES string of the molecule is Cc1cc(C)c(-c2cc(C(=O)NCc3cccnc3)[nH]c(=O)n2)c(C)c1. The summed E-state index contributed by atoms with van der Waals surface area (Å²) in [6.45, 7) is 6.29. The van der Waals surface area contributed by atoms with Crippen LogP contribution in [-0.2, 0) is 6.54 Å². The Morgan fingerprint density at radius 1 is 1.15 bits per heavy atom. The highest BCUT2D eigenvalue weighted by molar-refractivity contribution is 5.93. The van der Waals surface area contributed by atoms with Crippen LogP contribution < -0.4 is 11.0 Å². The van der Waals surface area contributed by atoms with Crippen LogP contribution in [0.2, 0.25) is 0 Å². The van der Waals surface area contributed by atoms with Crippen LogP contribution in [0, 0.1) is 20.8 Å². The van der Waals surface area contributed by atoms with Gasteiger partial charge in [-0.3, -0.25) is 9.78 Å². The molecule has 2 N–H and O–H groups in total. The molecule has 0 saturated heterocycles. The number of aryl methyl sites for hydroxylation is 3. The number of nitrogens with one attached hydrogen (secondary N) is 2. The van der Waals surface area contributed by atoms with E-state index in [0.717, 1.165) is 27.8 Å². The van der Waals surface area contributed by atoms with E-state index in [9.17, 15) is 9.59 Å². The number of H-pyrrole nitrogens is 1. The van der Waals surface area contributed by atoms with Crippen molar-refractivity contribution < 1.29 is 4.79 Å². The Hall–Kier alpha value is -3.28. The summed E-state index contributed by atoms with van der Waals surface area (Å²) in [5.74, 6) is -0.364. The van der Waals surface area contributed by atoms with E-state index in [1.165, 1.54) is 0 Å². The molecule has 0 saturated carbocycles. The second-order valence-electron chi connectivity index (χ2n) is 6.30. The molecule has 132 valence electrons. The maximum absolute atomic E-state index is 12.4. The Morgan fingerprint density at radius 2 is 1.88 bits per heavy atom. The summed E-state index contributed by atoms with van der Waals surface area (Å²) in [5, 5.41) is 2.78. The third kappa shape index (κ3) is 3.85. The first-order valence-electron chi connectivity index (χ1n) is 8.31. The molecule has 0 aliphatic carbocycles. The van der Waals surface area contributed by atoms with Crippen molar-refractivity contribution in [1.82, 2.24) is 20.3 Å². The van der Waals surface area contributed by atoms with E-state index in [-0.39, 0.29) is 11.6 Å². The van der Waals surface area contributed by atoms with Gasteiger partial charge in [-0.05, 0) is 49.6 Å². The van der Waals surface area contributed by atoms with Crippen LogP contribution in [0.3, 0.4) is 0 Å². The van der Waals surface area contributed by atoms with Gasteiger partial charge in [0.05, 0.1) is 5.69 Å². The van der Waals surface area contributed by atoms with Crippen molar-refractivity contribution in [3.63, 3.8) is 0 Å². The number of hydrogen-bond acceptors (Lipinski definition) is 4. The Labute approximate surface area is 151 Å². The van der Waals surface area contributed by atoms with Crippen molar-refractivity contribution in [3.8, 4) is 11.3 Å². The average Bonchev–Trinajstić information content (AvgIpc) is 2.59. The molecule has 0 radical (unpaired) electrons. The highest BCUT2D eigenvalue weighted by Gasteiger charge is 2.14. The first kappa shape index (κ1) is 17.5. The zero-order chi connectivity index (χ0) is 18.7. The number of carbonyl (C=O) groups is 1. The summed E-state index contributed by atoms with van der Waals surface area (Å²) in [5.41, 5.74) is 5.06. The molecule has 0 atom stereocenters. The van der Waals surface area contributed by atoms with Crippen LogP contribution >= 0.6 is 0 Å². The largest absolute Gasteiger partial charge is 0.347 e. The molecule has 0 fully saturated rings. The first-order chi connectivity index (χ1) is 12.4. The second-order valence-corrected chi connectivity index (χ2v) is 6.30. The van der Waals surface area contributed by atoms with E-state index in [0.29, 0.717) is 12.2 Å². The summed E-state index contributed by atoms with van der Waals surface area (Å²) in [7, 11) is 0. The molecular weight excluding hydrogens is 328 g/mol. The number of pyridine rings is 1. The van der Waals surface area contributed by atoms with Crippen molar-refractivity contribution >= 4 is 5.91 Å². The van der Waals surface area contributed by atoms with E-state index in [2.05, 4.69) is 20.3 Å². The third-order valence-corrected chi connectivity index (χ3v) is 4.10. The van der Waals surface area contributed by atoms with Crippen LogP contribution in [0.4, 0.5) is 0 Å². The predicted octanol–water partition coefficient (Wildman–Crippen LogP) is 2.69. The molecule has 0 bridgehead atoms. The fourth-order valence-electron chi connectivity index (χ4n) is 3.07. The van der Waals surface area contributed by atoms with Gasteiger partial charge in [0.2, 0.25) is 0 Å². The zero-order valence-electron chi connectivity index (χ0n) is 15.0. The van der Waals surface area contributed by atoms with E-state index in [1.54, 1.807) is 24.5 Å². The Morgan fingerprint density at radius 3 is 2.54 bits per heavy atom. The molecule has 2 heterocycles. The molecule has 0 aliphatic rings. The van der Waals surface area contributed by atoms with Crippen LogP contribution in [0.5, 0.6) is 0 Å². The molecular formula is C20H20N4O2. The predicted molar refractivity (Wildman–Crippen MR) is 99.9 cm³/mol. The van der Waals surface area contributed by atoms with Gasteiger partial charge in [0.25, 0.3) is 5.91 Å². The fraction of sp³-hybridized carbons (Fsp3) is 0.200. The van der Waals surface area contributed by atoms with E-state index < -0.39 is 5.69 Å². The number of hydrogen-bond donors (Lipinski definition) is 2. The lowest BCUT2D eigenvalue weighted by atomic mass is 9.97. The quantitative estimate of drug-likeness (QED) is 0.759. The fourth-order valence-corrected chi connectivity index (χ4v) is 3.07. The molecule has 0 aliphatic heterocycles. The molecule has 0 unspecified atom stereocenters. The molecule has 1 aromatic carbocycles. The van der Waals surface area contributed by atoms with Crippen LogP contribution in [0.15, 0.2) is 47.5 Å². The topological polar surface area (TPSA) is 87.7 Å². The van der Waals surface area contributed by atoms with Gasteiger partial charge in [0, 0.05) is 24.5 Å². The number of amides is 1. The number of carbonyl (C=O) groups excluding carboxylic acids is 1. The summed E-state index contributed by atoms with van der Waals surface area (Å²) in [4.78, 5) is 35.0. The minimum absolute atomic E-state index is 0.184. The molecule has 1 amide bonds. The lowest BCUT2D eigenvalue weighted by molar-refractivity contribution is 0.0945. The smallest absolute Gasteiger partial charge is 0.346 e. The third-order valence-electron chi connectivity index (χ3n) is 4.10. The van der Waals surface area contributed by atoms with E-state index in [4.69, 9.17) is 0 Å². The Bertz CT molecular complexity index is 987. The van der Waals surface area contributed by atoms with E-state index >= 15 is 0 Å². The maximum Gasteiger partial charge on any atom is 0.346 e. The Kier molecular flexibility index (Phi) is 4.93. The van der Waals surface area contributed by atoms with Gasteiger partial charge in [0.1, 0.15) is 5.69 Å². The molecule has 6 heteroatoms. The normalized spacial score (nSPS) is 10.6. The zero-order valence-corrected chi connectivity index (χ0v) is 15.0. The summed E-state index contributed by atoms with van der Waals surface area (Å²) in [6.07, 6.45) is 3.35. The first-order valence-corrected chi connectivity index (χ1v) is 8.31. The lowest BCUT2D eigenvalue weighted by Crippen LogP contribution is -2.27. The minimum Gasteiger partial charge on any atom is -0.347 e. The average molecular weight is 348 g/mol. The van der Waals surface area contributed by atoms with Gasteiger partial charge in [-0.25, -0.2) is 4.79 Å². The minimum atomic E-state index is -0.548. The molecule has 6 nitrogen and oxygen atoms in total. The number of aromatic nitrogens is 3. The molecule has 0 spiro atoms.